The predicted octanol–water partition coefficient (Wildman–Crippen LogP) is 4.38. The Balaban J connectivity index is 2.11. The first-order valence-corrected chi connectivity index (χ1v) is 7.49. The largest absolute Gasteiger partial charge is 0.421 e. The zero-order valence-corrected chi connectivity index (χ0v) is 13.6. The maximum atomic E-state index is 12.6. The fourth-order valence-electron chi connectivity index (χ4n) is 2.26. The number of rotatable bonds is 2. The Bertz CT molecular complexity index is 951. The molecule has 3 aromatic rings. The lowest BCUT2D eigenvalue weighted by atomic mass is 10.1. The van der Waals surface area contributed by atoms with Crippen molar-refractivity contribution >= 4 is 45.8 Å². The van der Waals surface area contributed by atoms with E-state index in [0.29, 0.717) is 16.1 Å². The average molecular weight is 348 g/mol. The van der Waals surface area contributed by atoms with Crippen LogP contribution in [0, 0.1) is 0 Å². The molecular weight excluding hydrogens is 337 g/mol. The van der Waals surface area contributed by atoms with E-state index in [0.717, 1.165) is 0 Å². The first-order chi connectivity index (χ1) is 11.0. The Hall–Kier alpha value is -2.30. The summed E-state index contributed by atoms with van der Waals surface area (Å²) >= 11 is 12.0. The minimum atomic E-state index is -0.741. The van der Waals surface area contributed by atoms with Crippen LogP contribution in [0.25, 0.3) is 11.0 Å². The second-order valence-electron chi connectivity index (χ2n) is 4.95. The minimum absolute atomic E-state index is 0.0813. The van der Waals surface area contributed by atoms with Gasteiger partial charge in [0, 0.05) is 23.1 Å². The highest BCUT2D eigenvalue weighted by atomic mass is 35.5. The van der Waals surface area contributed by atoms with Crippen LogP contribution in [0.1, 0.15) is 10.4 Å². The third-order valence-corrected chi connectivity index (χ3v) is 3.93. The lowest BCUT2D eigenvalue weighted by molar-refractivity contribution is 0.0989. The molecule has 0 bridgehead atoms. The van der Waals surface area contributed by atoms with Crippen LogP contribution in [0.15, 0.2) is 57.7 Å². The normalized spacial score (nSPS) is 10.7. The molecule has 0 aliphatic rings. The number of para-hydroxylation sites is 1. The van der Waals surface area contributed by atoms with E-state index in [1.54, 1.807) is 25.2 Å². The van der Waals surface area contributed by atoms with E-state index in [4.69, 9.17) is 27.6 Å². The van der Waals surface area contributed by atoms with Crippen molar-refractivity contribution in [3.05, 3.63) is 74.6 Å². The van der Waals surface area contributed by atoms with E-state index in [-0.39, 0.29) is 16.2 Å². The Labute approximate surface area is 141 Å². The van der Waals surface area contributed by atoms with E-state index in [1.807, 2.05) is 18.2 Å². The molecule has 0 saturated heterocycles. The van der Waals surface area contributed by atoms with Crippen molar-refractivity contribution in [3.8, 4) is 0 Å². The molecular formula is C17H11Cl2NO3. The molecule has 0 N–H and O–H groups in total. The maximum Gasteiger partial charge on any atom is 0.349 e. The minimum Gasteiger partial charge on any atom is -0.421 e. The molecule has 0 unspecified atom stereocenters. The van der Waals surface area contributed by atoms with Crippen LogP contribution >= 0.6 is 23.2 Å². The zero-order chi connectivity index (χ0) is 16.6. The van der Waals surface area contributed by atoms with Crippen LogP contribution in [0.2, 0.25) is 10.0 Å². The highest BCUT2D eigenvalue weighted by molar-refractivity contribution is 6.38. The molecule has 0 aliphatic carbocycles. The molecule has 1 amide bonds. The second-order valence-corrected chi connectivity index (χ2v) is 5.80. The highest BCUT2D eigenvalue weighted by Gasteiger charge is 2.19. The summed E-state index contributed by atoms with van der Waals surface area (Å²) in [5, 5.41) is 1.11. The zero-order valence-electron chi connectivity index (χ0n) is 12.0. The maximum absolute atomic E-state index is 12.6. The van der Waals surface area contributed by atoms with Crippen LogP contribution in [0.4, 0.5) is 5.69 Å². The van der Waals surface area contributed by atoms with Crippen molar-refractivity contribution in [1.82, 2.24) is 0 Å². The van der Waals surface area contributed by atoms with E-state index in [9.17, 15) is 9.59 Å². The van der Waals surface area contributed by atoms with Gasteiger partial charge in [0.05, 0.1) is 5.02 Å². The monoisotopic (exact) mass is 347 g/mol. The summed E-state index contributed by atoms with van der Waals surface area (Å²) in [5.74, 6) is -0.469. The van der Waals surface area contributed by atoms with E-state index < -0.39 is 11.5 Å². The Morgan fingerprint density at radius 1 is 1.09 bits per heavy atom. The molecule has 4 nitrogen and oxygen atoms in total. The van der Waals surface area contributed by atoms with Crippen molar-refractivity contribution < 1.29 is 9.21 Å². The summed E-state index contributed by atoms with van der Waals surface area (Å²) in [4.78, 5) is 26.1. The first-order valence-electron chi connectivity index (χ1n) is 6.73. The summed E-state index contributed by atoms with van der Waals surface area (Å²) in [6.07, 6.45) is 0. The van der Waals surface area contributed by atoms with Crippen molar-refractivity contribution in [2.45, 2.75) is 0 Å². The standard InChI is InChI=1S/C17H11Cl2NO3/c1-20(12-5-3-2-4-6-12)16(21)13-8-10-7-11(18)9-14(19)15(10)23-17(13)22/h2-9H,1H3. The van der Waals surface area contributed by atoms with Crippen LogP contribution in [0.3, 0.4) is 0 Å². The molecule has 0 aliphatic heterocycles. The molecule has 116 valence electrons. The number of carbonyl (C=O) groups is 1. The van der Waals surface area contributed by atoms with Gasteiger partial charge in [-0.3, -0.25) is 4.79 Å². The van der Waals surface area contributed by atoms with Gasteiger partial charge in [0.25, 0.3) is 5.91 Å². The quantitative estimate of drug-likeness (QED) is 0.646. The van der Waals surface area contributed by atoms with Gasteiger partial charge in [-0.25, -0.2) is 4.79 Å². The number of benzene rings is 2. The molecule has 0 radical (unpaired) electrons. The van der Waals surface area contributed by atoms with Gasteiger partial charge >= 0.3 is 5.63 Å². The number of fused-ring (bicyclic) bond motifs is 1. The number of halogens is 2. The van der Waals surface area contributed by atoms with Crippen LogP contribution in [-0.4, -0.2) is 13.0 Å². The summed E-state index contributed by atoms with van der Waals surface area (Å²) in [6, 6.07) is 13.5. The Kier molecular flexibility index (Phi) is 4.11. The van der Waals surface area contributed by atoms with Crippen LogP contribution in [0.5, 0.6) is 0 Å². The number of anilines is 1. The van der Waals surface area contributed by atoms with E-state index in [1.165, 1.54) is 17.0 Å². The van der Waals surface area contributed by atoms with Gasteiger partial charge in [-0.15, -0.1) is 0 Å². The van der Waals surface area contributed by atoms with Gasteiger partial charge in [0.1, 0.15) is 5.56 Å². The SMILES string of the molecule is CN(C(=O)c1cc2cc(Cl)cc(Cl)c2oc1=O)c1ccccc1. The van der Waals surface area contributed by atoms with E-state index >= 15 is 0 Å². The van der Waals surface area contributed by atoms with Crippen molar-refractivity contribution in [2.75, 3.05) is 11.9 Å². The number of hydrogen-bond donors (Lipinski definition) is 0. The van der Waals surface area contributed by atoms with Crippen LogP contribution in [-0.2, 0) is 0 Å². The molecule has 2 aromatic carbocycles. The summed E-state index contributed by atoms with van der Waals surface area (Å²) < 4.78 is 5.19. The van der Waals surface area contributed by atoms with Crippen molar-refractivity contribution in [2.24, 2.45) is 0 Å². The van der Waals surface area contributed by atoms with Gasteiger partial charge in [-0.05, 0) is 30.3 Å². The lowest BCUT2D eigenvalue weighted by Gasteiger charge is -2.16. The molecule has 0 saturated carbocycles. The molecule has 0 fully saturated rings. The first kappa shape index (κ1) is 15.6. The molecule has 3 rings (SSSR count). The third-order valence-electron chi connectivity index (χ3n) is 3.43. The molecule has 1 aromatic heterocycles. The van der Waals surface area contributed by atoms with Gasteiger partial charge in [0.2, 0.25) is 0 Å². The molecule has 0 atom stereocenters. The summed E-state index contributed by atoms with van der Waals surface area (Å²) in [6.45, 7) is 0. The van der Waals surface area contributed by atoms with Gasteiger partial charge in [0.15, 0.2) is 5.58 Å². The fraction of sp³-hybridized carbons (Fsp3) is 0.0588. The lowest BCUT2D eigenvalue weighted by Crippen LogP contribution is -2.30. The van der Waals surface area contributed by atoms with Gasteiger partial charge < -0.3 is 9.32 Å². The number of nitrogens with zero attached hydrogens (tertiary/aromatic N) is 1. The summed E-state index contributed by atoms with van der Waals surface area (Å²) in [7, 11) is 1.59. The number of carbonyl (C=O) groups excluding carboxylic acids is 1. The second kappa shape index (κ2) is 6.07. The molecule has 6 heteroatoms. The summed E-state index contributed by atoms with van der Waals surface area (Å²) in [5.41, 5.74) is 0.0535. The van der Waals surface area contributed by atoms with E-state index in [2.05, 4.69) is 0 Å². The predicted molar refractivity (Wildman–Crippen MR) is 91.7 cm³/mol. The third kappa shape index (κ3) is 2.96. The topological polar surface area (TPSA) is 50.5 Å². The highest BCUT2D eigenvalue weighted by Crippen LogP contribution is 2.27. The van der Waals surface area contributed by atoms with Gasteiger partial charge in [-0.1, -0.05) is 41.4 Å². The molecule has 23 heavy (non-hydrogen) atoms. The Morgan fingerprint density at radius 3 is 2.48 bits per heavy atom. The van der Waals surface area contributed by atoms with Crippen LogP contribution < -0.4 is 10.5 Å². The number of hydrogen-bond acceptors (Lipinski definition) is 3. The molecule has 1 heterocycles. The average Bonchev–Trinajstić information content (AvgIpc) is 2.54. The van der Waals surface area contributed by atoms with Gasteiger partial charge in [-0.2, -0.15) is 0 Å². The number of amides is 1. The molecule has 0 spiro atoms. The Morgan fingerprint density at radius 2 is 1.78 bits per heavy atom. The smallest absolute Gasteiger partial charge is 0.349 e. The fourth-order valence-corrected chi connectivity index (χ4v) is 2.80. The van der Waals surface area contributed by atoms with Crippen molar-refractivity contribution in [3.63, 3.8) is 0 Å². The van der Waals surface area contributed by atoms with Crippen molar-refractivity contribution in [1.29, 1.82) is 0 Å².